The van der Waals surface area contributed by atoms with Crippen LogP contribution in [0.15, 0.2) is 5.10 Å². The van der Waals surface area contributed by atoms with E-state index in [2.05, 4.69) is 28.1 Å². The molecule has 0 heterocycles. The van der Waals surface area contributed by atoms with Gasteiger partial charge in [-0.2, -0.15) is 5.10 Å². The van der Waals surface area contributed by atoms with E-state index in [9.17, 15) is 9.59 Å². The molecule has 0 radical (unpaired) electrons. The van der Waals surface area contributed by atoms with Gasteiger partial charge in [0.2, 0.25) is 6.41 Å². The molecule has 0 spiro atoms. The SMILES string of the molecule is C/C(=N\NC(=S)NC=O)C(=O)O. The maximum Gasteiger partial charge on any atom is 0.351 e. The van der Waals surface area contributed by atoms with E-state index in [1.54, 1.807) is 0 Å². The summed E-state index contributed by atoms with van der Waals surface area (Å²) in [5.41, 5.74) is 2.01. The Kier molecular flexibility index (Phi) is 4.54. The molecule has 3 N–H and O–H groups in total. The van der Waals surface area contributed by atoms with Crippen molar-refractivity contribution in [3.05, 3.63) is 0 Å². The van der Waals surface area contributed by atoms with Gasteiger partial charge in [0.25, 0.3) is 0 Å². The quantitative estimate of drug-likeness (QED) is 0.231. The van der Waals surface area contributed by atoms with Crippen molar-refractivity contribution in [1.82, 2.24) is 10.7 Å². The summed E-state index contributed by atoms with van der Waals surface area (Å²) in [5.74, 6) is -1.16. The summed E-state index contributed by atoms with van der Waals surface area (Å²) in [7, 11) is 0. The zero-order valence-corrected chi connectivity index (χ0v) is 7.01. The Hall–Kier alpha value is -1.50. The van der Waals surface area contributed by atoms with Crippen molar-refractivity contribution in [1.29, 1.82) is 0 Å². The highest BCUT2D eigenvalue weighted by Crippen LogP contribution is 1.74. The second-order valence-corrected chi connectivity index (χ2v) is 2.11. The molecule has 0 aliphatic carbocycles. The van der Waals surface area contributed by atoms with E-state index in [0.717, 1.165) is 0 Å². The lowest BCUT2D eigenvalue weighted by Crippen LogP contribution is -2.32. The summed E-state index contributed by atoms with van der Waals surface area (Å²) >= 11 is 4.50. The molecule has 0 saturated carbocycles. The lowest BCUT2D eigenvalue weighted by Gasteiger charge is -1.99. The first kappa shape index (κ1) is 10.5. The van der Waals surface area contributed by atoms with Gasteiger partial charge >= 0.3 is 5.97 Å². The van der Waals surface area contributed by atoms with Crippen LogP contribution in [0.2, 0.25) is 0 Å². The average Bonchev–Trinajstić information content (AvgIpc) is 2.00. The van der Waals surface area contributed by atoms with Gasteiger partial charge in [-0.1, -0.05) is 0 Å². The first-order valence-electron chi connectivity index (χ1n) is 2.85. The van der Waals surface area contributed by atoms with Crippen molar-refractivity contribution in [2.75, 3.05) is 0 Å². The molecule has 12 heavy (non-hydrogen) atoms. The van der Waals surface area contributed by atoms with E-state index >= 15 is 0 Å². The largest absolute Gasteiger partial charge is 0.477 e. The molecule has 0 aromatic rings. The van der Waals surface area contributed by atoms with E-state index in [4.69, 9.17) is 5.11 Å². The van der Waals surface area contributed by atoms with Crippen molar-refractivity contribution in [3.63, 3.8) is 0 Å². The maximum absolute atomic E-state index is 10.2. The predicted octanol–water partition coefficient (Wildman–Crippen LogP) is -0.933. The van der Waals surface area contributed by atoms with Crippen LogP contribution in [0, 0.1) is 0 Å². The summed E-state index contributed by atoms with van der Waals surface area (Å²) in [6.45, 7) is 1.29. The molecule has 7 heteroatoms. The number of hydrazone groups is 1. The van der Waals surface area contributed by atoms with Gasteiger partial charge < -0.3 is 10.4 Å². The fourth-order valence-corrected chi connectivity index (χ4v) is 0.362. The number of nitrogens with zero attached hydrogens (tertiary/aromatic N) is 1. The molecule has 0 aliphatic heterocycles. The third-order valence-corrected chi connectivity index (χ3v) is 1.03. The van der Waals surface area contributed by atoms with Gasteiger partial charge in [0, 0.05) is 0 Å². The number of aliphatic carboxylic acids is 1. The average molecular weight is 189 g/mol. The van der Waals surface area contributed by atoms with Crippen molar-refractivity contribution in [3.8, 4) is 0 Å². The van der Waals surface area contributed by atoms with Crippen molar-refractivity contribution < 1.29 is 14.7 Å². The molecule has 1 amide bonds. The van der Waals surface area contributed by atoms with E-state index in [1.807, 2.05) is 0 Å². The normalized spacial score (nSPS) is 10.2. The zero-order valence-electron chi connectivity index (χ0n) is 6.20. The number of amides is 1. The lowest BCUT2D eigenvalue weighted by atomic mass is 10.4. The van der Waals surface area contributed by atoms with E-state index < -0.39 is 5.97 Å². The number of carbonyl (C=O) groups excluding carboxylic acids is 1. The highest BCUT2D eigenvalue weighted by atomic mass is 32.1. The highest BCUT2D eigenvalue weighted by Gasteiger charge is 2.00. The molecule has 0 rings (SSSR count). The Balaban J connectivity index is 3.95. The minimum Gasteiger partial charge on any atom is -0.477 e. The molecule has 0 aromatic carbocycles. The molecule has 0 aromatic heterocycles. The van der Waals surface area contributed by atoms with Crippen LogP contribution in [-0.4, -0.2) is 28.3 Å². The molecular formula is C5H7N3O3S. The van der Waals surface area contributed by atoms with Gasteiger partial charge in [-0.15, -0.1) is 0 Å². The molecular weight excluding hydrogens is 182 g/mol. The lowest BCUT2D eigenvalue weighted by molar-refractivity contribution is -0.129. The van der Waals surface area contributed by atoms with Crippen LogP contribution in [0.25, 0.3) is 0 Å². The maximum atomic E-state index is 10.2. The first-order chi connectivity index (χ1) is 5.57. The topological polar surface area (TPSA) is 90.8 Å². The second-order valence-electron chi connectivity index (χ2n) is 1.71. The summed E-state index contributed by atoms with van der Waals surface area (Å²) in [5, 5.41) is 13.7. The number of rotatable bonds is 3. The van der Waals surface area contributed by atoms with E-state index in [1.165, 1.54) is 6.92 Å². The highest BCUT2D eigenvalue weighted by molar-refractivity contribution is 7.80. The number of nitrogens with one attached hydrogen (secondary N) is 2. The number of carbonyl (C=O) groups is 2. The van der Waals surface area contributed by atoms with Crippen molar-refractivity contribution >= 4 is 35.4 Å². The van der Waals surface area contributed by atoms with Gasteiger partial charge in [-0.05, 0) is 19.1 Å². The summed E-state index contributed by atoms with van der Waals surface area (Å²) in [6.07, 6.45) is 0.362. The van der Waals surface area contributed by atoms with Crippen molar-refractivity contribution in [2.24, 2.45) is 5.10 Å². The standard InChI is InChI=1S/C5H7N3O3S/c1-3(4(10)11)7-8-5(12)6-2-9/h2H,1H3,(H,10,11)(H2,6,8,9,12)/b7-3+. The fourth-order valence-electron chi connectivity index (χ4n) is 0.268. The van der Waals surface area contributed by atoms with Crippen LogP contribution < -0.4 is 10.7 Å². The van der Waals surface area contributed by atoms with Crippen LogP contribution >= 0.6 is 12.2 Å². The van der Waals surface area contributed by atoms with Gasteiger partial charge in [0.1, 0.15) is 5.71 Å². The van der Waals surface area contributed by atoms with Gasteiger partial charge in [0.05, 0.1) is 0 Å². The van der Waals surface area contributed by atoms with Crippen molar-refractivity contribution in [2.45, 2.75) is 6.92 Å². The number of thiocarbonyl (C=S) groups is 1. The Morgan fingerprint density at radius 2 is 2.25 bits per heavy atom. The van der Waals surface area contributed by atoms with Crippen LogP contribution in [0.4, 0.5) is 0 Å². The Morgan fingerprint density at radius 1 is 1.67 bits per heavy atom. The third-order valence-electron chi connectivity index (χ3n) is 0.825. The van der Waals surface area contributed by atoms with E-state index in [0.29, 0.717) is 6.41 Å². The number of carboxylic acids is 1. The van der Waals surface area contributed by atoms with Crippen LogP contribution in [0.1, 0.15) is 6.92 Å². The number of hydrogen-bond donors (Lipinski definition) is 3. The Morgan fingerprint density at radius 3 is 2.67 bits per heavy atom. The molecule has 0 fully saturated rings. The smallest absolute Gasteiger partial charge is 0.351 e. The minimum absolute atomic E-state index is 0.0504. The molecule has 0 atom stereocenters. The Bertz CT molecular complexity index is 238. The van der Waals surface area contributed by atoms with Crippen LogP contribution in [0.3, 0.4) is 0 Å². The Labute approximate surface area is 73.6 Å². The molecule has 0 aliphatic rings. The molecule has 0 bridgehead atoms. The van der Waals surface area contributed by atoms with Gasteiger partial charge in [-0.3, -0.25) is 10.2 Å². The van der Waals surface area contributed by atoms with Crippen LogP contribution in [0.5, 0.6) is 0 Å². The number of hydrogen-bond acceptors (Lipinski definition) is 4. The van der Waals surface area contributed by atoms with Gasteiger partial charge in [-0.25, -0.2) is 4.79 Å². The number of carboxylic acid groups (broad SMARTS) is 1. The second kappa shape index (κ2) is 5.19. The molecule has 6 nitrogen and oxygen atoms in total. The summed E-state index contributed by atoms with van der Waals surface area (Å²) < 4.78 is 0. The summed E-state index contributed by atoms with van der Waals surface area (Å²) in [4.78, 5) is 20.0. The van der Waals surface area contributed by atoms with E-state index in [-0.39, 0.29) is 10.8 Å². The minimum atomic E-state index is -1.16. The zero-order chi connectivity index (χ0) is 9.56. The molecule has 0 saturated heterocycles. The summed E-state index contributed by atoms with van der Waals surface area (Å²) in [6, 6.07) is 0. The van der Waals surface area contributed by atoms with Crippen LogP contribution in [-0.2, 0) is 9.59 Å². The fraction of sp³-hybridized carbons (Fsp3) is 0.200. The monoisotopic (exact) mass is 189 g/mol. The molecule has 0 unspecified atom stereocenters. The molecule has 66 valence electrons. The third kappa shape index (κ3) is 4.34. The van der Waals surface area contributed by atoms with Gasteiger partial charge in [0.15, 0.2) is 5.11 Å². The predicted molar refractivity (Wildman–Crippen MR) is 45.7 cm³/mol. The first-order valence-corrected chi connectivity index (χ1v) is 3.26.